The molecule has 0 unspecified atom stereocenters. The molecule has 3 amide bonds. The first-order valence-corrected chi connectivity index (χ1v) is 9.89. The monoisotopic (exact) mass is 423 g/mol. The summed E-state index contributed by atoms with van der Waals surface area (Å²) in [5, 5.41) is 5.25. The van der Waals surface area contributed by atoms with Gasteiger partial charge in [-0.05, 0) is 35.9 Å². The fraction of sp³-hybridized carbons (Fsp3) is 0.261. The van der Waals surface area contributed by atoms with Gasteiger partial charge in [0.2, 0.25) is 11.8 Å². The minimum Gasteiger partial charge on any atom is -0.497 e. The first kappa shape index (κ1) is 21.9. The van der Waals surface area contributed by atoms with Crippen molar-refractivity contribution < 1.29 is 23.9 Å². The van der Waals surface area contributed by atoms with Gasteiger partial charge in [0, 0.05) is 26.1 Å². The van der Waals surface area contributed by atoms with Crippen molar-refractivity contribution in [2.24, 2.45) is 0 Å². The van der Waals surface area contributed by atoms with Gasteiger partial charge in [0.25, 0.3) is 5.91 Å². The van der Waals surface area contributed by atoms with Gasteiger partial charge in [0.1, 0.15) is 11.5 Å². The van der Waals surface area contributed by atoms with E-state index < -0.39 is 6.10 Å². The van der Waals surface area contributed by atoms with Crippen LogP contribution in [-0.4, -0.2) is 51.1 Å². The number of amides is 3. The number of rotatable bonds is 7. The Labute approximate surface area is 180 Å². The third-order valence-electron chi connectivity index (χ3n) is 4.79. The van der Waals surface area contributed by atoms with E-state index in [9.17, 15) is 14.4 Å². The molecule has 1 atom stereocenters. The summed E-state index contributed by atoms with van der Waals surface area (Å²) < 4.78 is 10.8. The number of carbonyl (C=O) groups is 3. The van der Waals surface area contributed by atoms with Crippen molar-refractivity contribution in [3.63, 3.8) is 0 Å². The summed E-state index contributed by atoms with van der Waals surface area (Å²) in [5.41, 5.74) is 1.47. The van der Waals surface area contributed by atoms with E-state index in [0.29, 0.717) is 11.4 Å². The van der Waals surface area contributed by atoms with Gasteiger partial charge < -0.3 is 25.0 Å². The Bertz CT molecular complexity index is 971. The van der Waals surface area contributed by atoms with Crippen LogP contribution in [0.25, 0.3) is 6.08 Å². The maximum absolute atomic E-state index is 12.8. The summed E-state index contributed by atoms with van der Waals surface area (Å²) >= 11 is 0. The highest BCUT2D eigenvalue weighted by atomic mass is 16.5. The van der Waals surface area contributed by atoms with E-state index in [-0.39, 0.29) is 37.2 Å². The highest BCUT2D eigenvalue weighted by molar-refractivity contribution is 5.98. The summed E-state index contributed by atoms with van der Waals surface area (Å²) in [4.78, 5) is 38.4. The maximum atomic E-state index is 12.8. The minimum absolute atomic E-state index is 0.0942. The van der Waals surface area contributed by atoms with Crippen LogP contribution in [0.1, 0.15) is 12.0 Å². The van der Waals surface area contributed by atoms with Gasteiger partial charge >= 0.3 is 0 Å². The van der Waals surface area contributed by atoms with E-state index in [0.717, 1.165) is 11.3 Å². The van der Waals surface area contributed by atoms with E-state index in [4.69, 9.17) is 9.47 Å². The molecule has 1 aliphatic rings. The predicted molar refractivity (Wildman–Crippen MR) is 117 cm³/mol. The molecule has 2 N–H and O–H groups in total. The van der Waals surface area contributed by atoms with Crippen molar-refractivity contribution in [3.8, 4) is 11.5 Å². The molecule has 1 aliphatic heterocycles. The quantitative estimate of drug-likeness (QED) is 0.662. The molecular weight excluding hydrogens is 398 g/mol. The highest BCUT2D eigenvalue weighted by Gasteiger charge is 2.32. The number of nitrogens with one attached hydrogen (secondary N) is 2. The standard InChI is InChI=1S/C23H25N3O5/c1-24-23(29)20-15-26(18-5-3-4-6-19(18)31-20)22(28)13-14-25-21(27)12-9-16-7-10-17(30-2)11-8-16/h3-12,20H,13-15H2,1-2H3,(H,24,29)(H,25,27)/b12-9+/t20-/m0/s1. The zero-order valence-electron chi connectivity index (χ0n) is 17.5. The molecular formula is C23H25N3O5. The van der Waals surface area contributed by atoms with Crippen molar-refractivity contribution in [1.82, 2.24) is 10.6 Å². The average molecular weight is 423 g/mol. The van der Waals surface area contributed by atoms with Crippen molar-refractivity contribution >= 4 is 29.5 Å². The summed E-state index contributed by atoms with van der Waals surface area (Å²) in [6, 6.07) is 14.4. The highest BCUT2D eigenvalue weighted by Crippen LogP contribution is 2.33. The Morgan fingerprint density at radius 1 is 1.16 bits per heavy atom. The molecule has 2 aromatic carbocycles. The van der Waals surface area contributed by atoms with E-state index in [1.807, 2.05) is 24.3 Å². The Hall–Kier alpha value is -3.81. The molecule has 1 heterocycles. The average Bonchev–Trinajstić information content (AvgIpc) is 2.81. The second-order valence-electron chi connectivity index (χ2n) is 6.84. The summed E-state index contributed by atoms with van der Waals surface area (Å²) in [5.74, 6) is 0.410. The lowest BCUT2D eigenvalue weighted by molar-refractivity contribution is -0.127. The van der Waals surface area contributed by atoms with Gasteiger partial charge in [0.05, 0.1) is 19.3 Å². The van der Waals surface area contributed by atoms with Crippen LogP contribution in [0.4, 0.5) is 5.69 Å². The van der Waals surface area contributed by atoms with Crippen molar-refractivity contribution in [3.05, 3.63) is 60.2 Å². The molecule has 0 bridgehead atoms. The molecule has 31 heavy (non-hydrogen) atoms. The molecule has 8 nitrogen and oxygen atoms in total. The number of methoxy groups -OCH3 is 1. The first-order chi connectivity index (χ1) is 15.0. The van der Waals surface area contributed by atoms with Gasteiger partial charge in [-0.1, -0.05) is 24.3 Å². The number of carbonyl (C=O) groups excluding carboxylic acids is 3. The van der Waals surface area contributed by atoms with Crippen LogP contribution >= 0.6 is 0 Å². The molecule has 0 saturated carbocycles. The van der Waals surface area contributed by atoms with Crippen LogP contribution in [0.3, 0.4) is 0 Å². The summed E-state index contributed by atoms with van der Waals surface area (Å²) in [6.07, 6.45) is 2.41. The van der Waals surface area contributed by atoms with Crippen LogP contribution in [-0.2, 0) is 14.4 Å². The Balaban J connectivity index is 1.55. The van der Waals surface area contributed by atoms with E-state index >= 15 is 0 Å². The number of hydrogen-bond donors (Lipinski definition) is 2. The zero-order valence-corrected chi connectivity index (χ0v) is 17.5. The summed E-state index contributed by atoms with van der Waals surface area (Å²) in [6.45, 7) is 0.287. The fourth-order valence-corrected chi connectivity index (χ4v) is 3.14. The molecule has 0 aliphatic carbocycles. The van der Waals surface area contributed by atoms with E-state index in [2.05, 4.69) is 10.6 Å². The maximum Gasteiger partial charge on any atom is 0.262 e. The molecule has 162 valence electrons. The van der Waals surface area contributed by atoms with Crippen molar-refractivity contribution in [2.45, 2.75) is 12.5 Å². The number of hydrogen-bond acceptors (Lipinski definition) is 5. The van der Waals surface area contributed by atoms with Crippen LogP contribution in [0.5, 0.6) is 11.5 Å². The first-order valence-electron chi connectivity index (χ1n) is 9.89. The van der Waals surface area contributed by atoms with Crippen LogP contribution in [0.2, 0.25) is 0 Å². The Morgan fingerprint density at radius 2 is 1.90 bits per heavy atom. The predicted octanol–water partition coefficient (Wildman–Crippen LogP) is 1.75. The third-order valence-corrected chi connectivity index (χ3v) is 4.79. The summed E-state index contributed by atoms with van der Waals surface area (Å²) in [7, 11) is 3.11. The van der Waals surface area contributed by atoms with Gasteiger partial charge in [-0.2, -0.15) is 0 Å². The molecule has 0 spiro atoms. The lowest BCUT2D eigenvalue weighted by atomic mass is 10.1. The molecule has 3 rings (SSSR count). The fourth-order valence-electron chi connectivity index (χ4n) is 3.14. The van der Waals surface area contributed by atoms with Crippen LogP contribution in [0.15, 0.2) is 54.6 Å². The van der Waals surface area contributed by atoms with Gasteiger partial charge in [0.15, 0.2) is 6.10 Å². The zero-order chi connectivity index (χ0) is 22.2. The van der Waals surface area contributed by atoms with E-state index in [1.54, 1.807) is 37.5 Å². The Morgan fingerprint density at radius 3 is 2.61 bits per heavy atom. The number of benzene rings is 2. The number of ether oxygens (including phenoxy) is 2. The lowest BCUT2D eigenvalue weighted by Gasteiger charge is -2.34. The number of fused-ring (bicyclic) bond motifs is 1. The van der Waals surface area contributed by atoms with Crippen molar-refractivity contribution in [2.75, 3.05) is 32.1 Å². The van der Waals surface area contributed by atoms with Gasteiger partial charge in [-0.25, -0.2) is 0 Å². The van der Waals surface area contributed by atoms with Gasteiger partial charge in [-0.15, -0.1) is 0 Å². The number of anilines is 1. The molecule has 0 fully saturated rings. The molecule has 0 radical (unpaired) electrons. The van der Waals surface area contributed by atoms with Gasteiger partial charge in [-0.3, -0.25) is 14.4 Å². The third kappa shape index (κ3) is 5.63. The SMILES string of the molecule is CNC(=O)[C@@H]1CN(C(=O)CCNC(=O)/C=C/c2ccc(OC)cc2)c2ccccc2O1. The topological polar surface area (TPSA) is 97.0 Å². The van der Waals surface area contributed by atoms with Crippen LogP contribution in [0, 0.1) is 0 Å². The molecule has 8 heteroatoms. The largest absolute Gasteiger partial charge is 0.497 e. The second-order valence-corrected chi connectivity index (χ2v) is 6.84. The van der Waals surface area contributed by atoms with Crippen molar-refractivity contribution in [1.29, 1.82) is 0 Å². The number of para-hydroxylation sites is 2. The molecule has 0 saturated heterocycles. The van der Waals surface area contributed by atoms with Crippen LogP contribution < -0.4 is 25.0 Å². The normalized spacial score (nSPS) is 15.0. The second kappa shape index (κ2) is 10.3. The minimum atomic E-state index is -0.786. The molecule has 2 aromatic rings. The molecule has 0 aromatic heterocycles. The number of likely N-dealkylation sites (N-methyl/N-ethyl adjacent to an activating group) is 1. The number of nitrogens with zero attached hydrogens (tertiary/aromatic N) is 1. The van der Waals surface area contributed by atoms with E-state index in [1.165, 1.54) is 18.0 Å². The smallest absolute Gasteiger partial charge is 0.262 e. The Kier molecular flexibility index (Phi) is 7.26. The lowest BCUT2D eigenvalue weighted by Crippen LogP contribution is -2.50.